The normalized spacial score (nSPS) is 11.7. The Labute approximate surface area is 157 Å². The van der Waals surface area contributed by atoms with E-state index in [1.807, 2.05) is 6.07 Å². The van der Waals surface area contributed by atoms with Gasteiger partial charge >= 0.3 is 0 Å². The first-order valence-electron chi connectivity index (χ1n) is 7.97. The lowest BCUT2D eigenvalue weighted by Crippen LogP contribution is -2.48. The fraction of sp³-hybridized carbons (Fsp3) is 0.278. The minimum absolute atomic E-state index is 0.0706. The predicted octanol–water partition coefficient (Wildman–Crippen LogP) is 1.68. The molecule has 1 heterocycles. The van der Waals surface area contributed by atoms with E-state index in [1.165, 1.54) is 12.0 Å². The summed E-state index contributed by atoms with van der Waals surface area (Å²) in [6.07, 6.45) is 3.28. The number of anilines is 1. The number of amides is 2. The highest BCUT2D eigenvalue weighted by Crippen LogP contribution is 2.13. The number of benzene rings is 1. The maximum Gasteiger partial charge on any atom is 0.244 e. The number of nitrogens with one attached hydrogen (secondary N) is 1. The Balaban J connectivity index is 2.07. The molecule has 0 radical (unpaired) electrons. The van der Waals surface area contributed by atoms with E-state index in [1.54, 1.807) is 42.7 Å². The zero-order chi connectivity index (χ0) is 18.9. The van der Waals surface area contributed by atoms with Crippen molar-refractivity contribution in [3.8, 4) is 0 Å². The van der Waals surface area contributed by atoms with Crippen LogP contribution in [-0.4, -0.2) is 48.0 Å². The number of pyridine rings is 1. The Kier molecular flexibility index (Phi) is 7.53. The summed E-state index contributed by atoms with van der Waals surface area (Å²) in [4.78, 5) is 30.3. The summed E-state index contributed by atoms with van der Waals surface area (Å²) in [5.41, 5.74) is 7.24. The number of nitrogens with two attached hydrogens (primary N) is 1. The molecule has 0 saturated heterocycles. The van der Waals surface area contributed by atoms with E-state index in [0.717, 1.165) is 5.56 Å². The maximum absolute atomic E-state index is 12.6. The Hall–Kier alpha value is -2.48. The van der Waals surface area contributed by atoms with Crippen LogP contribution in [0.1, 0.15) is 5.56 Å². The summed E-state index contributed by atoms with van der Waals surface area (Å²) in [6, 6.07) is 9.45. The van der Waals surface area contributed by atoms with E-state index in [-0.39, 0.29) is 31.5 Å². The number of hydrogen-bond acceptors (Lipinski definition) is 5. The summed E-state index contributed by atoms with van der Waals surface area (Å²) in [6.45, 7) is 0.146. The second kappa shape index (κ2) is 9.86. The number of halogens is 1. The first-order chi connectivity index (χ1) is 12.5. The SMILES string of the molecule is COCC(N)C(=O)N(CC(=O)Nc1ccc(Cl)cc1)Cc1cccnc1. The number of nitrogens with zero attached hydrogens (tertiary/aromatic N) is 2. The number of carbonyl (C=O) groups is 2. The summed E-state index contributed by atoms with van der Waals surface area (Å²) in [5, 5.41) is 3.30. The van der Waals surface area contributed by atoms with Crippen molar-refractivity contribution < 1.29 is 14.3 Å². The van der Waals surface area contributed by atoms with Crippen LogP contribution in [0.4, 0.5) is 5.69 Å². The molecule has 7 nitrogen and oxygen atoms in total. The molecule has 1 unspecified atom stereocenters. The van der Waals surface area contributed by atoms with Gasteiger partial charge in [-0.3, -0.25) is 14.6 Å². The molecule has 2 amide bonds. The summed E-state index contributed by atoms with van der Waals surface area (Å²) in [7, 11) is 1.46. The molecule has 3 N–H and O–H groups in total. The van der Waals surface area contributed by atoms with E-state index in [0.29, 0.717) is 10.7 Å². The number of hydrogen-bond donors (Lipinski definition) is 2. The third kappa shape index (κ3) is 6.11. The second-order valence-electron chi connectivity index (χ2n) is 5.67. The van der Waals surface area contributed by atoms with Crippen LogP contribution in [0.2, 0.25) is 5.02 Å². The predicted molar refractivity (Wildman–Crippen MR) is 99.6 cm³/mol. The number of ether oxygens (including phenoxy) is 1. The van der Waals surface area contributed by atoms with Gasteiger partial charge in [-0.1, -0.05) is 17.7 Å². The molecule has 0 aliphatic carbocycles. The van der Waals surface area contributed by atoms with Crippen molar-refractivity contribution in [1.82, 2.24) is 9.88 Å². The monoisotopic (exact) mass is 376 g/mol. The Bertz CT molecular complexity index is 725. The highest BCUT2D eigenvalue weighted by atomic mass is 35.5. The van der Waals surface area contributed by atoms with Gasteiger partial charge in [0, 0.05) is 36.8 Å². The molecule has 0 aliphatic heterocycles. The van der Waals surface area contributed by atoms with E-state index < -0.39 is 6.04 Å². The molecule has 1 aromatic carbocycles. The first-order valence-corrected chi connectivity index (χ1v) is 8.35. The molecule has 0 fully saturated rings. The van der Waals surface area contributed by atoms with Crippen LogP contribution in [0, 0.1) is 0 Å². The first kappa shape index (κ1) is 19.8. The molecule has 1 atom stereocenters. The van der Waals surface area contributed by atoms with Crippen molar-refractivity contribution in [2.45, 2.75) is 12.6 Å². The van der Waals surface area contributed by atoms with Crippen molar-refractivity contribution in [2.75, 3.05) is 25.6 Å². The third-order valence-electron chi connectivity index (χ3n) is 3.53. The fourth-order valence-corrected chi connectivity index (χ4v) is 2.44. The van der Waals surface area contributed by atoms with Gasteiger partial charge in [0.2, 0.25) is 11.8 Å². The van der Waals surface area contributed by atoms with Gasteiger partial charge < -0.3 is 20.7 Å². The molecule has 0 aliphatic rings. The lowest BCUT2D eigenvalue weighted by atomic mass is 10.2. The molecule has 2 rings (SSSR count). The largest absolute Gasteiger partial charge is 0.383 e. The summed E-state index contributed by atoms with van der Waals surface area (Å²) >= 11 is 5.83. The number of aromatic nitrogens is 1. The van der Waals surface area contributed by atoms with Gasteiger partial charge in [0.15, 0.2) is 0 Å². The van der Waals surface area contributed by atoms with Gasteiger partial charge in [0.05, 0.1) is 6.61 Å². The summed E-state index contributed by atoms with van der Waals surface area (Å²) in [5.74, 6) is -0.712. The molecular formula is C18H21ClN4O3. The van der Waals surface area contributed by atoms with Gasteiger partial charge in [-0.05, 0) is 35.9 Å². The molecule has 1 aromatic heterocycles. The van der Waals surface area contributed by atoms with Gasteiger partial charge in [-0.25, -0.2) is 0 Å². The van der Waals surface area contributed by atoms with E-state index >= 15 is 0 Å². The number of carbonyl (C=O) groups excluding carboxylic acids is 2. The van der Waals surface area contributed by atoms with Crippen LogP contribution >= 0.6 is 11.6 Å². The van der Waals surface area contributed by atoms with E-state index in [2.05, 4.69) is 10.3 Å². The van der Waals surface area contributed by atoms with E-state index in [9.17, 15) is 9.59 Å². The topological polar surface area (TPSA) is 97.5 Å². The minimum Gasteiger partial charge on any atom is -0.383 e. The molecule has 0 bridgehead atoms. The lowest BCUT2D eigenvalue weighted by Gasteiger charge is -2.25. The smallest absolute Gasteiger partial charge is 0.244 e. The highest BCUT2D eigenvalue weighted by molar-refractivity contribution is 6.30. The van der Waals surface area contributed by atoms with Crippen LogP contribution in [0.25, 0.3) is 0 Å². The quantitative estimate of drug-likeness (QED) is 0.730. The van der Waals surface area contributed by atoms with Crippen LogP contribution in [-0.2, 0) is 20.9 Å². The fourth-order valence-electron chi connectivity index (χ4n) is 2.32. The standard InChI is InChI=1S/C18H21ClN4O3/c1-26-12-16(20)18(25)23(10-13-3-2-8-21-9-13)11-17(24)22-15-6-4-14(19)5-7-15/h2-9,16H,10-12,20H2,1H3,(H,22,24). The number of methoxy groups -OCH3 is 1. The van der Waals surface area contributed by atoms with Crippen molar-refractivity contribution in [1.29, 1.82) is 0 Å². The lowest BCUT2D eigenvalue weighted by molar-refractivity contribution is -0.137. The molecule has 8 heteroatoms. The van der Waals surface area contributed by atoms with Crippen LogP contribution in [0.3, 0.4) is 0 Å². The average molecular weight is 377 g/mol. The highest BCUT2D eigenvalue weighted by Gasteiger charge is 2.23. The van der Waals surface area contributed by atoms with E-state index in [4.69, 9.17) is 22.1 Å². The van der Waals surface area contributed by atoms with Crippen molar-refractivity contribution in [2.24, 2.45) is 5.73 Å². The van der Waals surface area contributed by atoms with Crippen LogP contribution < -0.4 is 11.1 Å². The van der Waals surface area contributed by atoms with Gasteiger partial charge in [-0.15, -0.1) is 0 Å². The van der Waals surface area contributed by atoms with Gasteiger partial charge in [0.1, 0.15) is 12.6 Å². The molecular weight excluding hydrogens is 356 g/mol. The zero-order valence-corrected chi connectivity index (χ0v) is 15.1. The Morgan fingerprint density at radius 2 is 2.04 bits per heavy atom. The van der Waals surface area contributed by atoms with Crippen LogP contribution in [0.15, 0.2) is 48.8 Å². The minimum atomic E-state index is -0.847. The Morgan fingerprint density at radius 3 is 2.65 bits per heavy atom. The van der Waals surface area contributed by atoms with Gasteiger partial charge in [-0.2, -0.15) is 0 Å². The molecule has 2 aromatic rings. The number of rotatable bonds is 8. The maximum atomic E-state index is 12.6. The van der Waals surface area contributed by atoms with Gasteiger partial charge in [0.25, 0.3) is 0 Å². The molecule has 26 heavy (non-hydrogen) atoms. The molecule has 0 saturated carbocycles. The molecule has 0 spiro atoms. The average Bonchev–Trinajstić information content (AvgIpc) is 2.63. The zero-order valence-electron chi connectivity index (χ0n) is 14.4. The molecule has 138 valence electrons. The van der Waals surface area contributed by atoms with Crippen LogP contribution in [0.5, 0.6) is 0 Å². The van der Waals surface area contributed by atoms with Crippen molar-refractivity contribution >= 4 is 29.1 Å². The Morgan fingerprint density at radius 1 is 1.31 bits per heavy atom. The third-order valence-corrected chi connectivity index (χ3v) is 3.79. The van der Waals surface area contributed by atoms with Crippen molar-refractivity contribution in [3.05, 3.63) is 59.4 Å². The van der Waals surface area contributed by atoms with Crippen molar-refractivity contribution in [3.63, 3.8) is 0 Å². The summed E-state index contributed by atoms with van der Waals surface area (Å²) < 4.78 is 4.94. The second-order valence-corrected chi connectivity index (χ2v) is 6.11.